The zero-order valence-electron chi connectivity index (χ0n) is 11.3. The third kappa shape index (κ3) is 2.12. The van der Waals surface area contributed by atoms with E-state index < -0.39 is 0 Å². The van der Waals surface area contributed by atoms with Crippen LogP contribution >= 0.6 is 0 Å². The minimum atomic E-state index is -0.202. The Kier molecular flexibility index (Phi) is 3.12. The number of hydrogen-bond acceptors (Lipinski definition) is 4. The lowest BCUT2D eigenvalue weighted by Gasteiger charge is -2.03. The highest BCUT2D eigenvalue weighted by Gasteiger charge is 2.15. The number of fused-ring (bicyclic) bond motifs is 1. The van der Waals surface area contributed by atoms with Crippen molar-refractivity contribution < 1.29 is 9.15 Å². The van der Waals surface area contributed by atoms with Gasteiger partial charge in [-0.3, -0.25) is 4.79 Å². The van der Waals surface area contributed by atoms with Crippen molar-refractivity contribution in [1.29, 1.82) is 0 Å². The molecular weight excluding hydrogens is 256 g/mol. The van der Waals surface area contributed by atoms with Gasteiger partial charge in [0.2, 0.25) is 0 Å². The number of para-hydroxylation sites is 1. The van der Waals surface area contributed by atoms with Crippen LogP contribution in [-0.4, -0.2) is 17.1 Å². The van der Waals surface area contributed by atoms with Crippen molar-refractivity contribution in [3.05, 3.63) is 52.1 Å². The number of aryl methyl sites for hydroxylation is 1. The van der Waals surface area contributed by atoms with Crippen LogP contribution in [0.25, 0.3) is 22.4 Å². The summed E-state index contributed by atoms with van der Waals surface area (Å²) in [5, 5.41) is 0.933. The largest absolute Gasteiger partial charge is 0.461 e. The molecule has 2 heterocycles. The van der Waals surface area contributed by atoms with Crippen molar-refractivity contribution in [1.82, 2.24) is 9.97 Å². The molecule has 20 heavy (non-hydrogen) atoms. The molecule has 0 fully saturated rings. The van der Waals surface area contributed by atoms with E-state index in [0.29, 0.717) is 18.1 Å². The highest BCUT2D eigenvalue weighted by molar-refractivity contribution is 5.93. The summed E-state index contributed by atoms with van der Waals surface area (Å²) >= 11 is 0. The van der Waals surface area contributed by atoms with E-state index in [0.717, 1.165) is 22.3 Å². The average Bonchev–Trinajstić information content (AvgIpc) is 2.74. The number of benzene rings is 1. The summed E-state index contributed by atoms with van der Waals surface area (Å²) < 4.78 is 10.7. The van der Waals surface area contributed by atoms with Gasteiger partial charge in [0.15, 0.2) is 0 Å². The fourth-order valence-electron chi connectivity index (χ4n) is 2.31. The molecule has 1 aromatic carbocycles. The Bertz CT molecular complexity index is 817. The van der Waals surface area contributed by atoms with Gasteiger partial charge in [0.1, 0.15) is 17.2 Å². The third-order valence-corrected chi connectivity index (χ3v) is 3.10. The molecule has 3 rings (SSSR count). The molecule has 0 bridgehead atoms. The maximum absolute atomic E-state index is 11.7. The molecule has 0 unspecified atom stereocenters. The van der Waals surface area contributed by atoms with Gasteiger partial charge in [-0.2, -0.15) is 0 Å². The van der Waals surface area contributed by atoms with Crippen molar-refractivity contribution >= 4 is 11.0 Å². The number of nitrogens with zero attached hydrogens (tertiary/aromatic N) is 1. The topological polar surface area (TPSA) is 68.1 Å². The van der Waals surface area contributed by atoms with Gasteiger partial charge in [0.25, 0.3) is 5.56 Å². The molecule has 0 aliphatic carbocycles. The Morgan fingerprint density at radius 1 is 1.35 bits per heavy atom. The summed E-state index contributed by atoms with van der Waals surface area (Å²) in [4.78, 5) is 18.9. The summed E-state index contributed by atoms with van der Waals surface area (Å²) in [5.74, 6) is 1.23. The second kappa shape index (κ2) is 4.94. The number of ether oxygens (including phenoxy) is 1. The number of hydrogen-bond donors (Lipinski definition) is 1. The Morgan fingerprint density at radius 2 is 2.15 bits per heavy atom. The number of methoxy groups -OCH3 is 1. The van der Waals surface area contributed by atoms with Crippen molar-refractivity contribution in [2.45, 2.75) is 13.5 Å². The van der Waals surface area contributed by atoms with E-state index in [1.165, 1.54) is 6.07 Å². The van der Waals surface area contributed by atoms with Gasteiger partial charge >= 0.3 is 0 Å². The van der Waals surface area contributed by atoms with E-state index in [-0.39, 0.29) is 5.56 Å². The van der Waals surface area contributed by atoms with Gasteiger partial charge in [-0.05, 0) is 13.0 Å². The van der Waals surface area contributed by atoms with Crippen LogP contribution < -0.4 is 5.56 Å². The number of rotatable bonds is 3. The fraction of sp³-hybridized carbons (Fsp3) is 0.200. The summed E-state index contributed by atoms with van der Waals surface area (Å²) in [6, 6.07) is 9.11. The van der Waals surface area contributed by atoms with Crippen LogP contribution in [0.2, 0.25) is 0 Å². The average molecular weight is 270 g/mol. The minimum Gasteiger partial charge on any atom is -0.461 e. The first kappa shape index (κ1) is 12.6. The maximum Gasteiger partial charge on any atom is 0.251 e. The molecule has 2 aromatic heterocycles. The normalized spacial score (nSPS) is 11.1. The molecule has 102 valence electrons. The summed E-state index contributed by atoms with van der Waals surface area (Å²) in [6.45, 7) is 2.16. The predicted molar refractivity (Wildman–Crippen MR) is 75.5 cm³/mol. The monoisotopic (exact) mass is 270 g/mol. The van der Waals surface area contributed by atoms with E-state index in [1.807, 2.05) is 31.2 Å². The molecule has 0 amide bonds. The molecule has 1 N–H and O–H groups in total. The van der Waals surface area contributed by atoms with Crippen molar-refractivity contribution in [3.63, 3.8) is 0 Å². The summed E-state index contributed by atoms with van der Waals surface area (Å²) in [7, 11) is 1.57. The van der Waals surface area contributed by atoms with Crippen LogP contribution in [0.15, 0.2) is 39.5 Å². The highest BCUT2D eigenvalue weighted by atomic mass is 16.5. The maximum atomic E-state index is 11.7. The number of nitrogens with one attached hydrogen (secondary N) is 1. The highest BCUT2D eigenvalue weighted by Crippen LogP contribution is 2.31. The lowest BCUT2D eigenvalue weighted by atomic mass is 10.1. The van der Waals surface area contributed by atoms with Gasteiger partial charge in [-0.15, -0.1) is 0 Å². The van der Waals surface area contributed by atoms with Gasteiger partial charge in [-0.1, -0.05) is 18.2 Å². The van der Waals surface area contributed by atoms with E-state index in [9.17, 15) is 4.79 Å². The molecule has 0 atom stereocenters. The summed E-state index contributed by atoms with van der Waals surface area (Å²) in [6.07, 6.45) is 0. The van der Waals surface area contributed by atoms with Crippen LogP contribution in [0.5, 0.6) is 0 Å². The molecule has 5 nitrogen and oxygen atoms in total. The van der Waals surface area contributed by atoms with E-state index in [2.05, 4.69) is 9.97 Å². The minimum absolute atomic E-state index is 0.202. The molecule has 0 radical (unpaired) electrons. The standard InChI is InChI=1S/C15H14N2O3/c1-9-14(11-5-3-4-6-12(11)20-9)15-16-10(8-19-2)7-13(18)17-15/h3-7H,8H2,1-2H3,(H,16,17,18). The number of H-pyrrole nitrogens is 1. The molecule has 0 aliphatic heterocycles. The lowest BCUT2D eigenvalue weighted by molar-refractivity contribution is 0.181. The van der Waals surface area contributed by atoms with Crippen LogP contribution in [0.3, 0.4) is 0 Å². The zero-order valence-corrected chi connectivity index (χ0v) is 11.3. The molecular formula is C15H14N2O3. The second-order valence-corrected chi connectivity index (χ2v) is 4.55. The van der Waals surface area contributed by atoms with Crippen molar-refractivity contribution in [2.75, 3.05) is 7.11 Å². The Balaban J connectivity index is 2.25. The molecule has 0 spiro atoms. The zero-order chi connectivity index (χ0) is 14.1. The number of aromatic nitrogens is 2. The first-order chi connectivity index (χ1) is 9.69. The summed E-state index contributed by atoms with van der Waals surface area (Å²) in [5.41, 5.74) is 1.98. The van der Waals surface area contributed by atoms with E-state index >= 15 is 0 Å². The van der Waals surface area contributed by atoms with E-state index in [1.54, 1.807) is 7.11 Å². The molecule has 0 saturated heterocycles. The van der Waals surface area contributed by atoms with Gasteiger partial charge < -0.3 is 14.1 Å². The third-order valence-electron chi connectivity index (χ3n) is 3.10. The van der Waals surface area contributed by atoms with E-state index in [4.69, 9.17) is 9.15 Å². The Labute approximate surface area is 115 Å². The van der Waals surface area contributed by atoms with Gasteiger partial charge in [0, 0.05) is 18.6 Å². The van der Waals surface area contributed by atoms with Crippen molar-refractivity contribution in [2.24, 2.45) is 0 Å². The lowest BCUT2D eigenvalue weighted by Crippen LogP contribution is -2.11. The van der Waals surface area contributed by atoms with Crippen LogP contribution in [0.4, 0.5) is 0 Å². The second-order valence-electron chi connectivity index (χ2n) is 4.55. The van der Waals surface area contributed by atoms with Crippen molar-refractivity contribution in [3.8, 4) is 11.4 Å². The van der Waals surface area contributed by atoms with Gasteiger partial charge in [-0.25, -0.2) is 4.98 Å². The Morgan fingerprint density at radius 3 is 2.95 bits per heavy atom. The van der Waals surface area contributed by atoms with Crippen LogP contribution in [0.1, 0.15) is 11.5 Å². The number of aromatic amines is 1. The molecule has 0 aliphatic rings. The predicted octanol–water partition coefficient (Wildman–Crippen LogP) is 2.64. The Hall–Kier alpha value is -2.40. The quantitative estimate of drug-likeness (QED) is 0.794. The smallest absolute Gasteiger partial charge is 0.251 e. The molecule has 0 saturated carbocycles. The fourth-order valence-corrected chi connectivity index (χ4v) is 2.31. The first-order valence-electron chi connectivity index (χ1n) is 6.26. The SMILES string of the molecule is COCc1cc(=O)[nH]c(-c2c(C)oc3ccccc23)n1. The molecule has 5 heteroatoms. The van der Waals surface area contributed by atoms with Crippen LogP contribution in [-0.2, 0) is 11.3 Å². The van der Waals surface area contributed by atoms with Gasteiger partial charge in [0.05, 0.1) is 17.9 Å². The molecule has 3 aromatic rings. The number of furan rings is 1. The van der Waals surface area contributed by atoms with Crippen LogP contribution in [0, 0.1) is 6.92 Å². The first-order valence-corrected chi connectivity index (χ1v) is 6.26.